The highest BCUT2D eigenvalue weighted by atomic mass is 16.3. The Balaban J connectivity index is 2.04. The van der Waals surface area contributed by atoms with Crippen molar-refractivity contribution in [1.29, 1.82) is 0 Å². The average molecular weight is 374 g/mol. The largest absolute Gasteiger partial charge is 0.394 e. The third-order valence-corrected chi connectivity index (χ3v) is 4.52. The summed E-state index contributed by atoms with van der Waals surface area (Å²) >= 11 is 0. The predicted molar refractivity (Wildman–Crippen MR) is 105 cm³/mol. The molecule has 1 unspecified atom stereocenters. The van der Waals surface area contributed by atoms with Crippen molar-refractivity contribution < 1.29 is 5.11 Å². The summed E-state index contributed by atoms with van der Waals surface area (Å²) in [4.78, 5) is 34.9. The molecule has 140 valence electrons. The zero-order valence-electron chi connectivity index (χ0n) is 15.4. The molecular formula is C20H18N6O2. The topological polar surface area (TPSA) is 107 Å². The summed E-state index contributed by atoms with van der Waals surface area (Å²) in [5, 5.41) is 9.86. The van der Waals surface area contributed by atoms with Crippen molar-refractivity contribution in [1.82, 2.24) is 29.5 Å². The average Bonchev–Trinajstić information content (AvgIpc) is 2.74. The number of aliphatic hydroxyl groups excluding tert-OH is 1. The molecule has 0 bridgehead atoms. The van der Waals surface area contributed by atoms with Crippen LogP contribution in [-0.4, -0.2) is 41.2 Å². The number of aryl methyl sites for hydroxylation is 1. The minimum absolute atomic E-state index is 0.160. The molecule has 28 heavy (non-hydrogen) atoms. The first kappa shape index (κ1) is 17.9. The zero-order valence-corrected chi connectivity index (χ0v) is 15.4. The lowest BCUT2D eigenvalue weighted by molar-refractivity contribution is 0.236. The Kier molecular flexibility index (Phi) is 4.62. The molecule has 4 rings (SSSR count). The van der Waals surface area contributed by atoms with Crippen LogP contribution in [0.4, 0.5) is 0 Å². The second-order valence-electron chi connectivity index (χ2n) is 6.50. The fraction of sp³-hybridized carbons (Fsp3) is 0.200. The van der Waals surface area contributed by atoms with Gasteiger partial charge < -0.3 is 5.11 Å². The highest BCUT2D eigenvalue weighted by Gasteiger charge is 2.16. The Bertz CT molecular complexity index is 1190. The van der Waals surface area contributed by atoms with E-state index in [0.29, 0.717) is 33.7 Å². The van der Waals surface area contributed by atoms with Crippen molar-refractivity contribution in [3.05, 3.63) is 65.5 Å². The van der Waals surface area contributed by atoms with Crippen LogP contribution in [0.15, 0.2) is 54.1 Å². The number of aromatic nitrogens is 6. The van der Waals surface area contributed by atoms with Crippen molar-refractivity contribution in [2.75, 3.05) is 6.61 Å². The molecule has 4 heterocycles. The predicted octanol–water partition coefficient (Wildman–Crippen LogP) is 2.17. The fourth-order valence-corrected chi connectivity index (χ4v) is 2.92. The molecular weight excluding hydrogens is 356 g/mol. The van der Waals surface area contributed by atoms with Crippen molar-refractivity contribution in [2.45, 2.75) is 19.9 Å². The molecule has 0 fully saturated rings. The van der Waals surface area contributed by atoms with Gasteiger partial charge in [-0.05, 0) is 32.0 Å². The van der Waals surface area contributed by atoms with Crippen LogP contribution in [-0.2, 0) is 0 Å². The molecule has 8 nitrogen and oxygen atoms in total. The van der Waals surface area contributed by atoms with E-state index in [1.165, 1.54) is 10.9 Å². The highest BCUT2D eigenvalue weighted by Crippen LogP contribution is 2.28. The van der Waals surface area contributed by atoms with E-state index < -0.39 is 0 Å². The second kappa shape index (κ2) is 7.24. The maximum absolute atomic E-state index is 13.1. The lowest BCUT2D eigenvalue weighted by Gasteiger charge is -2.14. The first-order valence-electron chi connectivity index (χ1n) is 8.80. The third-order valence-electron chi connectivity index (χ3n) is 4.52. The van der Waals surface area contributed by atoms with Crippen molar-refractivity contribution in [3.8, 4) is 22.5 Å². The minimum Gasteiger partial charge on any atom is -0.394 e. The SMILES string of the molecule is Cc1ncc(-c2cc3c(=O)n(C(C)CO)cnc3c(-c3cccnc3)n2)cn1. The molecule has 0 aliphatic rings. The number of pyridine rings is 2. The van der Waals surface area contributed by atoms with E-state index in [9.17, 15) is 9.90 Å². The molecule has 0 spiro atoms. The maximum atomic E-state index is 13.1. The Morgan fingerprint density at radius 2 is 1.93 bits per heavy atom. The van der Waals surface area contributed by atoms with E-state index in [-0.39, 0.29) is 18.2 Å². The molecule has 0 radical (unpaired) electrons. The van der Waals surface area contributed by atoms with E-state index in [0.717, 1.165) is 5.56 Å². The molecule has 4 aromatic heterocycles. The monoisotopic (exact) mass is 374 g/mol. The molecule has 0 aliphatic carbocycles. The number of aliphatic hydroxyl groups is 1. The van der Waals surface area contributed by atoms with Gasteiger partial charge in [0.05, 0.1) is 35.8 Å². The first-order valence-corrected chi connectivity index (χ1v) is 8.80. The van der Waals surface area contributed by atoms with Crippen molar-refractivity contribution in [3.63, 3.8) is 0 Å². The van der Waals surface area contributed by atoms with Gasteiger partial charge in [-0.2, -0.15) is 0 Å². The van der Waals surface area contributed by atoms with Crippen LogP contribution < -0.4 is 5.56 Å². The Morgan fingerprint density at radius 3 is 2.61 bits per heavy atom. The van der Waals surface area contributed by atoms with Crippen LogP contribution in [0.25, 0.3) is 33.4 Å². The van der Waals surface area contributed by atoms with E-state index in [1.54, 1.807) is 50.8 Å². The van der Waals surface area contributed by atoms with Crippen LogP contribution in [0, 0.1) is 6.92 Å². The highest BCUT2D eigenvalue weighted by molar-refractivity contribution is 5.93. The maximum Gasteiger partial charge on any atom is 0.261 e. The van der Waals surface area contributed by atoms with Gasteiger partial charge in [0.2, 0.25) is 0 Å². The van der Waals surface area contributed by atoms with Gasteiger partial charge in [-0.1, -0.05) is 0 Å². The summed E-state index contributed by atoms with van der Waals surface area (Å²) in [5.74, 6) is 0.651. The van der Waals surface area contributed by atoms with Crippen molar-refractivity contribution >= 4 is 10.9 Å². The van der Waals surface area contributed by atoms with Gasteiger partial charge in [0, 0.05) is 35.9 Å². The van der Waals surface area contributed by atoms with E-state index in [2.05, 4.69) is 19.9 Å². The van der Waals surface area contributed by atoms with Gasteiger partial charge in [-0.3, -0.25) is 14.3 Å². The van der Waals surface area contributed by atoms with Crippen LogP contribution in [0.2, 0.25) is 0 Å². The van der Waals surface area contributed by atoms with E-state index in [1.807, 2.05) is 6.07 Å². The first-order chi connectivity index (χ1) is 13.6. The van der Waals surface area contributed by atoms with Gasteiger partial charge >= 0.3 is 0 Å². The van der Waals surface area contributed by atoms with Gasteiger partial charge in [-0.25, -0.2) is 19.9 Å². The Morgan fingerprint density at radius 1 is 1.14 bits per heavy atom. The molecule has 4 aromatic rings. The molecule has 0 saturated heterocycles. The number of rotatable bonds is 4. The number of hydrogen-bond acceptors (Lipinski definition) is 7. The van der Waals surface area contributed by atoms with Crippen LogP contribution in [0.3, 0.4) is 0 Å². The lowest BCUT2D eigenvalue weighted by atomic mass is 10.1. The van der Waals surface area contributed by atoms with Gasteiger partial charge in [-0.15, -0.1) is 0 Å². The molecule has 0 saturated carbocycles. The van der Waals surface area contributed by atoms with Crippen LogP contribution >= 0.6 is 0 Å². The number of fused-ring (bicyclic) bond motifs is 1. The van der Waals surface area contributed by atoms with E-state index in [4.69, 9.17) is 4.98 Å². The number of hydrogen-bond donors (Lipinski definition) is 1. The third kappa shape index (κ3) is 3.14. The molecule has 8 heteroatoms. The summed E-state index contributed by atoms with van der Waals surface area (Å²) < 4.78 is 1.42. The lowest BCUT2D eigenvalue weighted by Crippen LogP contribution is -2.25. The zero-order chi connectivity index (χ0) is 19.7. The van der Waals surface area contributed by atoms with Crippen molar-refractivity contribution in [2.24, 2.45) is 0 Å². The standard InChI is InChI=1S/C20H18N6O2/c1-12(10-27)26-11-24-19-16(20(26)28)6-17(15-8-22-13(2)23-9-15)25-18(19)14-4-3-5-21-7-14/h3-9,11-12,27H,10H2,1-2H3. The van der Waals surface area contributed by atoms with Crippen LogP contribution in [0.1, 0.15) is 18.8 Å². The van der Waals surface area contributed by atoms with Gasteiger partial charge in [0.1, 0.15) is 11.3 Å². The summed E-state index contributed by atoms with van der Waals surface area (Å²) in [7, 11) is 0. The second-order valence-corrected chi connectivity index (χ2v) is 6.50. The summed E-state index contributed by atoms with van der Waals surface area (Å²) in [6.45, 7) is 3.40. The minimum atomic E-state index is -0.384. The summed E-state index contributed by atoms with van der Waals surface area (Å²) in [5.41, 5.74) is 2.82. The molecule has 0 aromatic carbocycles. The fourth-order valence-electron chi connectivity index (χ4n) is 2.92. The Hall–Kier alpha value is -3.52. The molecule has 0 aliphatic heterocycles. The number of nitrogens with zero attached hydrogens (tertiary/aromatic N) is 6. The van der Waals surface area contributed by atoms with Crippen LogP contribution in [0.5, 0.6) is 0 Å². The molecule has 0 amide bonds. The normalized spacial score (nSPS) is 12.2. The van der Waals surface area contributed by atoms with Gasteiger partial charge in [0.25, 0.3) is 5.56 Å². The molecule has 1 atom stereocenters. The summed E-state index contributed by atoms with van der Waals surface area (Å²) in [6, 6.07) is 4.98. The smallest absolute Gasteiger partial charge is 0.261 e. The Labute approximate surface area is 160 Å². The van der Waals surface area contributed by atoms with E-state index >= 15 is 0 Å². The quantitative estimate of drug-likeness (QED) is 0.583. The molecule has 1 N–H and O–H groups in total. The summed E-state index contributed by atoms with van der Waals surface area (Å²) in [6.07, 6.45) is 8.15. The van der Waals surface area contributed by atoms with Gasteiger partial charge in [0.15, 0.2) is 0 Å².